The van der Waals surface area contributed by atoms with Crippen LogP contribution in [-0.2, 0) is 0 Å². The van der Waals surface area contributed by atoms with Gasteiger partial charge in [-0.25, -0.2) is 0 Å². The molecular formula is C15H22N2O. The summed E-state index contributed by atoms with van der Waals surface area (Å²) >= 11 is 0. The van der Waals surface area contributed by atoms with Crippen molar-refractivity contribution in [2.24, 2.45) is 5.92 Å². The van der Waals surface area contributed by atoms with Crippen LogP contribution in [0.4, 0.5) is 5.69 Å². The topological polar surface area (TPSA) is 36.3 Å². The fourth-order valence-corrected chi connectivity index (χ4v) is 2.11. The maximum Gasteiger partial charge on any atom is 0.122 e. The van der Waals surface area contributed by atoms with Crippen molar-refractivity contribution in [1.29, 1.82) is 5.26 Å². The van der Waals surface area contributed by atoms with Gasteiger partial charge in [0.15, 0.2) is 0 Å². The molecule has 0 aliphatic heterocycles. The molecule has 0 spiro atoms. The lowest BCUT2D eigenvalue weighted by molar-refractivity contribution is 0.411. The van der Waals surface area contributed by atoms with Gasteiger partial charge in [-0.2, -0.15) is 5.26 Å². The van der Waals surface area contributed by atoms with Crippen molar-refractivity contribution >= 4 is 5.69 Å². The van der Waals surface area contributed by atoms with E-state index in [2.05, 4.69) is 30.9 Å². The third kappa shape index (κ3) is 2.95. The zero-order chi connectivity index (χ0) is 13.7. The Bertz CT molecular complexity index is 449. The predicted molar refractivity (Wildman–Crippen MR) is 75.1 cm³/mol. The summed E-state index contributed by atoms with van der Waals surface area (Å²) in [6.07, 6.45) is 0.884. The minimum atomic E-state index is 0.0804. The third-order valence-electron chi connectivity index (χ3n) is 3.51. The average Bonchev–Trinajstić information content (AvgIpc) is 2.38. The van der Waals surface area contributed by atoms with E-state index >= 15 is 0 Å². The van der Waals surface area contributed by atoms with E-state index in [1.807, 2.05) is 20.0 Å². The summed E-state index contributed by atoms with van der Waals surface area (Å²) in [7, 11) is 3.72. The van der Waals surface area contributed by atoms with Gasteiger partial charge >= 0.3 is 0 Å². The molecule has 3 heteroatoms. The summed E-state index contributed by atoms with van der Waals surface area (Å²) in [5.41, 5.74) is 3.54. The van der Waals surface area contributed by atoms with Crippen molar-refractivity contribution in [3.05, 3.63) is 23.3 Å². The highest BCUT2D eigenvalue weighted by Crippen LogP contribution is 2.29. The van der Waals surface area contributed by atoms with Crippen LogP contribution in [0.3, 0.4) is 0 Å². The van der Waals surface area contributed by atoms with Crippen LogP contribution in [0, 0.1) is 31.1 Å². The van der Waals surface area contributed by atoms with Crippen LogP contribution in [0.25, 0.3) is 0 Å². The number of rotatable bonds is 5. The van der Waals surface area contributed by atoms with Crippen LogP contribution < -0.4 is 9.64 Å². The van der Waals surface area contributed by atoms with Gasteiger partial charge < -0.3 is 9.64 Å². The molecule has 1 aromatic carbocycles. The molecule has 0 amide bonds. The molecule has 0 fully saturated rings. The van der Waals surface area contributed by atoms with Crippen molar-refractivity contribution in [3.63, 3.8) is 0 Å². The van der Waals surface area contributed by atoms with Crippen LogP contribution in [0.5, 0.6) is 5.75 Å². The first-order valence-corrected chi connectivity index (χ1v) is 6.30. The second-order valence-electron chi connectivity index (χ2n) is 4.65. The van der Waals surface area contributed by atoms with Gasteiger partial charge in [-0.1, -0.05) is 6.92 Å². The van der Waals surface area contributed by atoms with Gasteiger partial charge in [0, 0.05) is 19.3 Å². The molecule has 1 unspecified atom stereocenters. The van der Waals surface area contributed by atoms with E-state index in [-0.39, 0.29) is 5.92 Å². The van der Waals surface area contributed by atoms with Gasteiger partial charge in [0.05, 0.1) is 19.1 Å². The van der Waals surface area contributed by atoms with E-state index in [0.717, 1.165) is 24.3 Å². The minimum absolute atomic E-state index is 0.0804. The van der Waals surface area contributed by atoms with E-state index in [9.17, 15) is 0 Å². The Morgan fingerprint density at radius 2 is 2.00 bits per heavy atom. The van der Waals surface area contributed by atoms with Gasteiger partial charge in [0.1, 0.15) is 5.75 Å². The number of benzene rings is 1. The predicted octanol–water partition coefficient (Wildman–Crippen LogP) is 3.30. The number of anilines is 1. The first-order valence-electron chi connectivity index (χ1n) is 6.30. The normalized spacial score (nSPS) is 11.8. The molecule has 1 atom stereocenters. The lowest BCUT2D eigenvalue weighted by Gasteiger charge is -2.25. The standard InChI is InChI=1S/C15H22N2O/c1-6-13(9-16)10-17(4)14-7-8-15(18-5)12(3)11(14)2/h7-8,13H,6,10H2,1-5H3. The molecule has 18 heavy (non-hydrogen) atoms. The number of ether oxygens (including phenoxy) is 1. The van der Waals surface area contributed by atoms with Crippen molar-refractivity contribution in [2.45, 2.75) is 27.2 Å². The summed E-state index contributed by atoms with van der Waals surface area (Å²) < 4.78 is 5.31. The Hall–Kier alpha value is -1.69. The van der Waals surface area contributed by atoms with Crippen LogP contribution in [0.1, 0.15) is 24.5 Å². The van der Waals surface area contributed by atoms with Gasteiger partial charge in [-0.05, 0) is 43.5 Å². The number of hydrogen-bond donors (Lipinski definition) is 0. The highest BCUT2D eigenvalue weighted by Gasteiger charge is 2.13. The average molecular weight is 246 g/mol. The van der Waals surface area contributed by atoms with E-state index in [4.69, 9.17) is 10.00 Å². The molecule has 0 saturated carbocycles. The van der Waals surface area contributed by atoms with Gasteiger partial charge in [0.25, 0.3) is 0 Å². The Morgan fingerprint density at radius 3 is 2.50 bits per heavy atom. The molecule has 3 nitrogen and oxygen atoms in total. The number of hydrogen-bond acceptors (Lipinski definition) is 3. The summed E-state index contributed by atoms with van der Waals surface area (Å²) in [5, 5.41) is 9.03. The smallest absolute Gasteiger partial charge is 0.122 e. The largest absolute Gasteiger partial charge is 0.496 e. The molecule has 0 N–H and O–H groups in total. The molecule has 0 heterocycles. The van der Waals surface area contributed by atoms with Crippen LogP contribution in [0.2, 0.25) is 0 Å². The van der Waals surface area contributed by atoms with Crippen molar-refractivity contribution in [3.8, 4) is 11.8 Å². The monoisotopic (exact) mass is 246 g/mol. The lowest BCUT2D eigenvalue weighted by Crippen LogP contribution is -2.25. The van der Waals surface area contributed by atoms with Crippen LogP contribution >= 0.6 is 0 Å². The number of nitriles is 1. The zero-order valence-corrected chi connectivity index (χ0v) is 11.9. The second kappa shape index (κ2) is 6.30. The summed E-state index contributed by atoms with van der Waals surface area (Å²) in [5.74, 6) is 0.994. The molecule has 1 rings (SSSR count). The third-order valence-corrected chi connectivity index (χ3v) is 3.51. The molecule has 0 bridgehead atoms. The minimum Gasteiger partial charge on any atom is -0.496 e. The molecular weight excluding hydrogens is 224 g/mol. The molecule has 0 aliphatic rings. The van der Waals surface area contributed by atoms with E-state index in [1.165, 1.54) is 11.3 Å². The molecule has 0 aliphatic carbocycles. The van der Waals surface area contributed by atoms with Crippen molar-refractivity contribution < 1.29 is 4.74 Å². The van der Waals surface area contributed by atoms with E-state index in [1.54, 1.807) is 7.11 Å². The summed E-state index contributed by atoms with van der Waals surface area (Å²) in [6, 6.07) is 6.39. The molecule has 0 saturated heterocycles. The lowest BCUT2D eigenvalue weighted by atomic mass is 10.0. The Balaban J connectivity index is 2.97. The molecule has 1 aromatic rings. The van der Waals surface area contributed by atoms with Crippen LogP contribution in [0.15, 0.2) is 12.1 Å². The Labute approximate surface area is 110 Å². The maximum atomic E-state index is 9.03. The molecule has 0 radical (unpaired) electrons. The SMILES string of the molecule is CCC(C#N)CN(C)c1ccc(OC)c(C)c1C. The quantitative estimate of drug-likeness (QED) is 0.799. The Morgan fingerprint density at radius 1 is 1.33 bits per heavy atom. The first-order chi connectivity index (χ1) is 8.54. The molecule has 98 valence electrons. The Kier molecular flexibility index (Phi) is 5.03. The van der Waals surface area contributed by atoms with Crippen molar-refractivity contribution in [1.82, 2.24) is 0 Å². The maximum absolute atomic E-state index is 9.03. The van der Waals surface area contributed by atoms with Gasteiger partial charge in [0.2, 0.25) is 0 Å². The summed E-state index contributed by atoms with van der Waals surface area (Å²) in [4.78, 5) is 2.15. The van der Waals surface area contributed by atoms with E-state index in [0.29, 0.717) is 0 Å². The fraction of sp³-hybridized carbons (Fsp3) is 0.533. The van der Waals surface area contributed by atoms with Crippen LogP contribution in [-0.4, -0.2) is 20.7 Å². The van der Waals surface area contributed by atoms with Gasteiger partial charge in [-0.3, -0.25) is 0 Å². The van der Waals surface area contributed by atoms with Gasteiger partial charge in [-0.15, -0.1) is 0 Å². The molecule has 0 aromatic heterocycles. The number of nitrogens with zero attached hydrogens (tertiary/aromatic N) is 2. The summed E-state index contributed by atoms with van der Waals surface area (Å²) in [6.45, 7) is 6.97. The van der Waals surface area contributed by atoms with Crippen molar-refractivity contribution in [2.75, 3.05) is 25.6 Å². The highest BCUT2D eigenvalue weighted by molar-refractivity contribution is 5.59. The van der Waals surface area contributed by atoms with E-state index < -0.39 is 0 Å². The zero-order valence-electron chi connectivity index (χ0n) is 11.9. The second-order valence-corrected chi connectivity index (χ2v) is 4.65. The highest BCUT2D eigenvalue weighted by atomic mass is 16.5. The first kappa shape index (κ1) is 14.4. The fourth-order valence-electron chi connectivity index (χ4n) is 2.11. The number of methoxy groups -OCH3 is 1.